The fraction of sp³-hybridized carbons (Fsp3) is 0.300. The molecule has 1 aromatic carbocycles. The minimum atomic E-state index is -1.03. The van der Waals surface area contributed by atoms with E-state index in [4.69, 9.17) is 10.8 Å². The molecule has 1 amide bonds. The van der Waals surface area contributed by atoms with Crippen molar-refractivity contribution in [1.29, 1.82) is 0 Å². The highest BCUT2D eigenvalue weighted by molar-refractivity contribution is 5.78. The smallest absolute Gasteiger partial charge is 0.246 e. The second-order valence-electron chi connectivity index (χ2n) is 2.94. The lowest BCUT2D eigenvalue weighted by atomic mass is 10.1. The average Bonchev–Trinajstić information content (AvgIpc) is 2.15. The average molecular weight is 179 g/mol. The molecule has 0 radical (unpaired) electrons. The van der Waals surface area contributed by atoms with E-state index in [0.717, 1.165) is 5.56 Å². The van der Waals surface area contributed by atoms with Crippen LogP contribution in [0, 0.1) is 0 Å². The number of hydrogen-bond donors (Lipinski definition) is 2. The summed E-state index contributed by atoms with van der Waals surface area (Å²) in [7, 11) is 0. The largest absolute Gasteiger partial charge is 0.383 e. The first-order chi connectivity index (χ1) is 6.20. The normalized spacial score (nSPS) is 12.4. The van der Waals surface area contributed by atoms with Gasteiger partial charge in [0.25, 0.3) is 0 Å². The molecule has 0 bridgehead atoms. The Hall–Kier alpha value is -1.35. The van der Waals surface area contributed by atoms with Crippen molar-refractivity contribution in [2.75, 3.05) is 0 Å². The van der Waals surface area contributed by atoms with E-state index in [1.165, 1.54) is 0 Å². The molecule has 3 N–H and O–H groups in total. The number of primary amides is 1. The fourth-order valence-corrected chi connectivity index (χ4v) is 1.09. The number of benzene rings is 1. The van der Waals surface area contributed by atoms with E-state index >= 15 is 0 Å². The quantitative estimate of drug-likeness (QED) is 0.705. The van der Waals surface area contributed by atoms with Crippen LogP contribution in [0.2, 0.25) is 0 Å². The van der Waals surface area contributed by atoms with Crippen LogP contribution in [0.4, 0.5) is 0 Å². The van der Waals surface area contributed by atoms with Gasteiger partial charge in [-0.1, -0.05) is 30.3 Å². The Labute approximate surface area is 77.2 Å². The molecule has 13 heavy (non-hydrogen) atoms. The number of rotatable bonds is 4. The van der Waals surface area contributed by atoms with Crippen molar-refractivity contribution in [3.8, 4) is 0 Å². The molecule has 1 atom stereocenters. The lowest BCUT2D eigenvalue weighted by Gasteiger charge is -2.05. The number of amides is 1. The van der Waals surface area contributed by atoms with Gasteiger partial charge in [-0.25, -0.2) is 0 Å². The van der Waals surface area contributed by atoms with Crippen LogP contribution in [0.1, 0.15) is 12.0 Å². The maximum absolute atomic E-state index is 10.5. The van der Waals surface area contributed by atoms with Crippen LogP contribution in [0.3, 0.4) is 0 Å². The molecule has 0 fully saturated rings. The Bertz CT molecular complexity index is 272. The van der Waals surface area contributed by atoms with Gasteiger partial charge in [0, 0.05) is 0 Å². The predicted octanol–water partition coefficient (Wildman–Crippen LogP) is 0.465. The van der Waals surface area contributed by atoms with Crippen molar-refractivity contribution in [2.24, 2.45) is 5.73 Å². The molecule has 0 saturated carbocycles. The van der Waals surface area contributed by atoms with Gasteiger partial charge >= 0.3 is 0 Å². The Morgan fingerprint density at radius 3 is 2.54 bits per heavy atom. The van der Waals surface area contributed by atoms with Crippen LogP contribution >= 0.6 is 0 Å². The van der Waals surface area contributed by atoms with Crippen molar-refractivity contribution in [2.45, 2.75) is 18.9 Å². The molecule has 3 nitrogen and oxygen atoms in total. The van der Waals surface area contributed by atoms with Gasteiger partial charge in [0.2, 0.25) is 5.91 Å². The molecule has 1 rings (SSSR count). The SMILES string of the molecule is NC(=O)[C@H](O)CCc1ccccc1. The van der Waals surface area contributed by atoms with Gasteiger partial charge in [0.1, 0.15) is 6.10 Å². The molecule has 0 unspecified atom stereocenters. The molecule has 3 heteroatoms. The summed E-state index contributed by atoms with van der Waals surface area (Å²) in [6.07, 6.45) is 0.0322. The zero-order valence-electron chi connectivity index (χ0n) is 7.31. The highest BCUT2D eigenvalue weighted by Gasteiger charge is 2.09. The number of carbonyl (C=O) groups excluding carboxylic acids is 1. The van der Waals surface area contributed by atoms with Crippen LogP contribution in [-0.4, -0.2) is 17.1 Å². The summed E-state index contributed by atoms with van der Waals surface area (Å²) in [5.74, 6) is -0.657. The minimum Gasteiger partial charge on any atom is -0.383 e. The highest BCUT2D eigenvalue weighted by atomic mass is 16.3. The maximum Gasteiger partial charge on any atom is 0.246 e. The van der Waals surface area contributed by atoms with Crippen molar-refractivity contribution < 1.29 is 9.90 Å². The van der Waals surface area contributed by atoms with Gasteiger partial charge in [-0.05, 0) is 18.4 Å². The van der Waals surface area contributed by atoms with Crippen molar-refractivity contribution in [3.63, 3.8) is 0 Å². The summed E-state index contributed by atoms with van der Waals surface area (Å²) in [5, 5.41) is 9.11. The minimum absolute atomic E-state index is 0.388. The van der Waals surface area contributed by atoms with Gasteiger partial charge in [0.05, 0.1) is 0 Å². The molecule has 0 aliphatic heterocycles. The number of hydrogen-bond acceptors (Lipinski definition) is 2. The van der Waals surface area contributed by atoms with E-state index < -0.39 is 12.0 Å². The summed E-state index contributed by atoms with van der Waals surface area (Å²) < 4.78 is 0. The first-order valence-electron chi connectivity index (χ1n) is 4.21. The summed E-state index contributed by atoms with van der Waals surface area (Å²) >= 11 is 0. The highest BCUT2D eigenvalue weighted by Crippen LogP contribution is 2.04. The molecule has 0 aromatic heterocycles. The van der Waals surface area contributed by atoms with Crippen LogP contribution in [0.15, 0.2) is 30.3 Å². The Balaban J connectivity index is 2.39. The van der Waals surface area contributed by atoms with Crippen molar-refractivity contribution in [1.82, 2.24) is 0 Å². The molecule has 0 aliphatic carbocycles. The number of aryl methyl sites for hydroxylation is 1. The van der Waals surface area contributed by atoms with Gasteiger partial charge in [-0.2, -0.15) is 0 Å². The number of aliphatic hydroxyl groups excluding tert-OH is 1. The van der Waals surface area contributed by atoms with Crippen LogP contribution in [0.5, 0.6) is 0 Å². The Morgan fingerprint density at radius 1 is 1.38 bits per heavy atom. The van der Waals surface area contributed by atoms with Crippen LogP contribution in [0.25, 0.3) is 0 Å². The molecule has 0 spiro atoms. The third-order valence-electron chi connectivity index (χ3n) is 1.88. The Kier molecular flexibility index (Phi) is 3.46. The predicted molar refractivity (Wildman–Crippen MR) is 50.0 cm³/mol. The third-order valence-corrected chi connectivity index (χ3v) is 1.88. The second kappa shape index (κ2) is 4.62. The van der Waals surface area contributed by atoms with Gasteiger partial charge in [-0.15, -0.1) is 0 Å². The van der Waals surface area contributed by atoms with E-state index in [0.29, 0.717) is 12.8 Å². The summed E-state index contributed by atoms with van der Waals surface area (Å²) in [6, 6.07) is 9.67. The monoisotopic (exact) mass is 179 g/mol. The summed E-state index contributed by atoms with van der Waals surface area (Å²) in [4.78, 5) is 10.5. The van der Waals surface area contributed by atoms with E-state index in [1.807, 2.05) is 30.3 Å². The van der Waals surface area contributed by atoms with Crippen LogP contribution < -0.4 is 5.73 Å². The molecular weight excluding hydrogens is 166 g/mol. The molecule has 70 valence electrons. The van der Waals surface area contributed by atoms with E-state index in [9.17, 15) is 4.79 Å². The molecular formula is C10H13NO2. The lowest BCUT2D eigenvalue weighted by Crippen LogP contribution is -2.28. The Morgan fingerprint density at radius 2 is 2.00 bits per heavy atom. The van der Waals surface area contributed by atoms with Gasteiger partial charge < -0.3 is 10.8 Å². The van der Waals surface area contributed by atoms with E-state index in [-0.39, 0.29) is 0 Å². The van der Waals surface area contributed by atoms with Crippen LogP contribution in [-0.2, 0) is 11.2 Å². The first kappa shape index (κ1) is 9.74. The number of carbonyl (C=O) groups is 1. The maximum atomic E-state index is 10.5. The third kappa shape index (κ3) is 3.25. The molecule has 0 heterocycles. The standard InChI is InChI=1S/C10H13NO2/c11-10(13)9(12)7-6-8-4-2-1-3-5-8/h1-5,9,12H,6-7H2,(H2,11,13)/t9-/m1/s1. The first-order valence-corrected chi connectivity index (χ1v) is 4.21. The molecule has 0 aliphatic rings. The zero-order chi connectivity index (χ0) is 9.68. The second-order valence-corrected chi connectivity index (χ2v) is 2.94. The van der Waals surface area contributed by atoms with Crippen molar-refractivity contribution in [3.05, 3.63) is 35.9 Å². The van der Waals surface area contributed by atoms with E-state index in [1.54, 1.807) is 0 Å². The van der Waals surface area contributed by atoms with Gasteiger partial charge in [0.15, 0.2) is 0 Å². The van der Waals surface area contributed by atoms with E-state index in [2.05, 4.69) is 0 Å². The summed E-state index contributed by atoms with van der Waals surface area (Å²) in [5.41, 5.74) is 6.01. The molecule has 1 aromatic rings. The lowest BCUT2D eigenvalue weighted by molar-refractivity contribution is -0.126. The number of nitrogens with two attached hydrogens (primary N) is 1. The summed E-state index contributed by atoms with van der Waals surface area (Å²) in [6.45, 7) is 0. The topological polar surface area (TPSA) is 63.3 Å². The zero-order valence-corrected chi connectivity index (χ0v) is 7.31. The van der Waals surface area contributed by atoms with Crippen molar-refractivity contribution >= 4 is 5.91 Å². The number of aliphatic hydroxyl groups is 1. The fourth-order valence-electron chi connectivity index (χ4n) is 1.09. The molecule has 0 saturated heterocycles. The van der Waals surface area contributed by atoms with Gasteiger partial charge in [-0.3, -0.25) is 4.79 Å².